The SMILES string of the molecule is CC(C)(C)OC(=O)NCCCNC1CCCCc2ccccc21. The van der Waals surface area contributed by atoms with Crippen molar-refractivity contribution in [2.24, 2.45) is 0 Å². The van der Waals surface area contributed by atoms with Gasteiger partial charge in [0.15, 0.2) is 0 Å². The minimum atomic E-state index is -0.438. The first-order valence-corrected chi connectivity index (χ1v) is 8.74. The molecular formula is C19H30N2O2. The number of alkyl carbamates (subject to hydrolysis) is 1. The first-order chi connectivity index (χ1) is 11.0. The number of nitrogens with one attached hydrogen (secondary N) is 2. The van der Waals surface area contributed by atoms with E-state index in [1.807, 2.05) is 20.8 Å². The van der Waals surface area contributed by atoms with E-state index in [9.17, 15) is 4.79 Å². The number of hydrogen-bond donors (Lipinski definition) is 2. The van der Waals surface area contributed by atoms with E-state index in [0.29, 0.717) is 12.6 Å². The standard InChI is InChI=1S/C19H30N2O2/c1-19(2,3)23-18(22)21-14-8-13-20-17-12-7-5-10-15-9-4-6-11-16(15)17/h4,6,9,11,17,20H,5,7-8,10,12-14H2,1-3H3,(H,21,22). The lowest BCUT2D eigenvalue weighted by molar-refractivity contribution is 0.0527. The maximum atomic E-state index is 11.6. The molecule has 0 bridgehead atoms. The number of fused-ring (bicyclic) bond motifs is 1. The van der Waals surface area contributed by atoms with Crippen molar-refractivity contribution in [2.45, 2.75) is 64.5 Å². The molecule has 2 N–H and O–H groups in total. The van der Waals surface area contributed by atoms with Gasteiger partial charge in [0.2, 0.25) is 0 Å². The van der Waals surface area contributed by atoms with E-state index in [1.54, 1.807) is 0 Å². The molecule has 23 heavy (non-hydrogen) atoms. The second-order valence-electron chi connectivity index (χ2n) is 7.23. The summed E-state index contributed by atoms with van der Waals surface area (Å²) in [4.78, 5) is 11.6. The van der Waals surface area contributed by atoms with Gasteiger partial charge in [0, 0.05) is 12.6 Å². The van der Waals surface area contributed by atoms with Crippen LogP contribution < -0.4 is 10.6 Å². The van der Waals surface area contributed by atoms with E-state index in [2.05, 4.69) is 34.9 Å². The van der Waals surface area contributed by atoms with Crippen LogP contribution in [0.4, 0.5) is 4.79 Å². The van der Waals surface area contributed by atoms with Crippen molar-refractivity contribution in [3.63, 3.8) is 0 Å². The molecule has 0 radical (unpaired) electrons. The molecule has 0 fully saturated rings. The summed E-state index contributed by atoms with van der Waals surface area (Å²) >= 11 is 0. The summed E-state index contributed by atoms with van der Waals surface area (Å²) in [6.07, 6.45) is 5.48. The zero-order valence-corrected chi connectivity index (χ0v) is 14.7. The van der Waals surface area contributed by atoms with E-state index in [0.717, 1.165) is 13.0 Å². The summed E-state index contributed by atoms with van der Waals surface area (Å²) in [5, 5.41) is 6.45. The summed E-state index contributed by atoms with van der Waals surface area (Å²) in [6.45, 7) is 7.15. The lowest BCUT2D eigenvalue weighted by Gasteiger charge is -2.21. The van der Waals surface area contributed by atoms with Gasteiger partial charge in [-0.05, 0) is 64.1 Å². The van der Waals surface area contributed by atoms with Crippen LogP contribution >= 0.6 is 0 Å². The Balaban J connectivity index is 1.71. The highest BCUT2D eigenvalue weighted by atomic mass is 16.6. The first-order valence-electron chi connectivity index (χ1n) is 8.74. The molecule has 1 amide bonds. The predicted octanol–water partition coefficient (Wildman–Crippen LogP) is 3.96. The Morgan fingerprint density at radius 2 is 2.00 bits per heavy atom. The third kappa shape index (κ3) is 6.22. The fourth-order valence-electron chi connectivity index (χ4n) is 3.00. The molecule has 1 aliphatic carbocycles. The lowest BCUT2D eigenvalue weighted by atomic mass is 9.99. The largest absolute Gasteiger partial charge is 0.444 e. The molecule has 4 heteroatoms. The molecule has 0 saturated heterocycles. The molecule has 1 unspecified atom stereocenters. The summed E-state index contributed by atoms with van der Waals surface area (Å²) in [7, 11) is 0. The highest BCUT2D eigenvalue weighted by molar-refractivity contribution is 5.67. The fourth-order valence-corrected chi connectivity index (χ4v) is 3.00. The van der Waals surface area contributed by atoms with Crippen molar-refractivity contribution in [1.29, 1.82) is 0 Å². The molecule has 128 valence electrons. The van der Waals surface area contributed by atoms with Crippen molar-refractivity contribution >= 4 is 6.09 Å². The predicted molar refractivity (Wildman–Crippen MR) is 93.6 cm³/mol. The van der Waals surface area contributed by atoms with Crippen LogP contribution in [-0.4, -0.2) is 24.8 Å². The average Bonchev–Trinajstić information content (AvgIpc) is 2.68. The number of hydrogen-bond acceptors (Lipinski definition) is 3. The van der Waals surface area contributed by atoms with E-state index in [4.69, 9.17) is 4.74 Å². The minimum absolute atomic E-state index is 0.336. The number of carbonyl (C=O) groups is 1. The third-order valence-electron chi connectivity index (χ3n) is 4.03. The number of benzene rings is 1. The fraction of sp³-hybridized carbons (Fsp3) is 0.632. The summed E-state index contributed by atoms with van der Waals surface area (Å²) < 4.78 is 5.23. The molecule has 0 aliphatic heterocycles. The van der Waals surface area contributed by atoms with Gasteiger partial charge in [-0.1, -0.05) is 30.7 Å². The molecule has 4 nitrogen and oxygen atoms in total. The van der Waals surface area contributed by atoms with Crippen LogP contribution in [0.15, 0.2) is 24.3 Å². The topological polar surface area (TPSA) is 50.4 Å². The normalized spacial score (nSPS) is 18.0. The Morgan fingerprint density at radius 1 is 1.22 bits per heavy atom. The maximum absolute atomic E-state index is 11.6. The van der Waals surface area contributed by atoms with Gasteiger partial charge in [0.25, 0.3) is 0 Å². The number of amides is 1. The van der Waals surface area contributed by atoms with Gasteiger partial charge in [-0.25, -0.2) is 4.79 Å². The van der Waals surface area contributed by atoms with Crippen molar-refractivity contribution in [3.8, 4) is 0 Å². The number of aryl methyl sites for hydroxylation is 1. The van der Waals surface area contributed by atoms with E-state index in [1.165, 1.54) is 36.8 Å². The number of carbonyl (C=O) groups excluding carboxylic acids is 1. The van der Waals surface area contributed by atoms with Gasteiger partial charge in [0.05, 0.1) is 0 Å². The number of rotatable bonds is 5. The molecule has 1 atom stereocenters. The molecule has 1 aliphatic rings. The Morgan fingerprint density at radius 3 is 2.78 bits per heavy atom. The highest BCUT2D eigenvalue weighted by Crippen LogP contribution is 2.28. The molecular weight excluding hydrogens is 288 g/mol. The minimum Gasteiger partial charge on any atom is -0.444 e. The van der Waals surface area contributed by atoms with Gasteiger partial charge in [-0.15, -0.1) is 0 Å². The molecule has 0 aromatic heterocycles. The van der Waals surface area contributed by atoms with Crippen LogP contribution in [-0.2, 0) is 11.2 Å². The van der Waals surface area contributed by atoms with Crippen molar-refractivity contribution in [2.75, 3.05) is 13.1 Å². The maximum Gasteiger partial charge on any atom is 0.407 e. The van der Waals surface area contributed by atoms with Gasteiger partial charge in [0.1, 0.15) is 5.60 Å². The average molecular weight is 318 g/mol. The van der Waals surface area contributed by atoms with Crippen LogP contribution in [0.25, 0.3) is 0 Å². The van der Waals surface area contributed by atoms with Crippen LogP contribution in [0.2, 0.25) is 0 Å². The lowest BCUT2D eigenvalue weighted by Crippen LogP contribution is -2.34. The second kappa shape index (κ2) is 8.34. The van der Waals surface area contributed by atoms with E-state index in [-0.39, 0.29) is 6.09 Å². The third-order valence-corrected chi connectivity index (χ3v) is 4.03. The number of ether oxygens (including phenoxy) is 1. The Labute approximate surface area is 140 Å². The van der Waals surface area contributed by atoms with Crippen molar-refractivity contribution < 1.29 is 9.53 Å². The summed E-state index contributed by atoms with van der Waals surface area (Å²) in [5.41, 5.74) is 2.49. The van der Waals surface area contributed by atoms with Crippen LogP contribution in [0.5, 0.6) is 0 Å². The highest BCUT2D eigenvalue weighted by Gasteiger charge is 2.18. The summed E-state index contributed by atoms with van der Waals surface area (Å²) in [6, 6.07) is 9.20. The van der Waals surface area contributed by atoms with Gasteiger partial charge in [-0.3, -0.25) is 0 Å². The van der Waals surface area contributed by atoms with Gasteiger partial charge >= 0.3 is 6.09 Å². The zero-order chi connectivity index (χ0) is 16.7. The smallest absolute Gasteiger partial charge is 0.407 e. The van der Waals surface area contributed by atoms with Crippen LogP contribution in [0, 0.1) is 0 Å². The van der Waals surface area contributed by atoms with Gasteiger partial charge < -0.3 is 15.4 Å². The molecule has 1 aromatic rings. The van der Waals surface area contributed by atoms with Crippen LogP contribution in [0.1, 0.15) is 63.6 Å². The summed E-state index contributed by atoms with van der Waals surface area (Å²) in [5.74, 6) is 0. The monoisotopic (exact) mass is 318 g/mol. The quantitative estimate of drug-likeness (QED) is 0.638. The molecule has 1 aromatic carbocycles. The molecule has 0 saturated carbocycles. The Bertz CT molecular complexity index is 508. The van der Waals surface area contributed by atoms with Crippen LogP contribution in [0.3, 0.4) is 0 Å². The van der Waals surface area contributed by atoms with Gasteiger partial charge in [-0.2, -0.15) is 0 Å². The van der Waals surface area contributed by atoms with E-state index < -0.39 is 5.60 Å². The van der Waals surface area contributed by atoms with Crippen molar-refractivity contribution in [3.05, 3.63) is 35.4 Å². The first kappa shape index (κ1) is 17.8. The molecule has 2 rings (SSSR count). The Kier molecular flexibility index (Phi) is 6.46. The molecule has 0 heterocycles. The second-order valence-corrected chi connectivity index (χ2v) is 7.23. The molecule has 0 spiro atoms. The van der Waals surface area contributed by atoms with E-state index >= 15 is 0 Å². The van der Waals surface area contributed by atoms with Crippen molar-refractivity contribution in [1.82, 2.24) is 10.6 Å². The zero-order valence-electron chi connectivity index (χ0n) is 14.7. The Hall–Kier alpha value is -1.55.